The second-order valence-corrected chi connectivity index (χ2v) is 6.49. The van der Waals surface area contributed by atoms with E-state index in [-0.39, 0.29) is 0 Å². The van der Waals surface area contributed by atoms with Gasteiger partial charge in [0.2, 0.25) is 0 Å². The standard InChI is InChI=1S/C12H24N2OS/c1-9-10(2)16-5-4-14(9)6-11-7-15-8-12(11)13-3/h9-13H,4-8H2,1-3H3. The van der Waals surface area contributed by atoms with Crippen LogP contribution in [0.5, 0.6) is 0 Å². The summed E-state index contributed by atoms with van der Waals surface area (Å²) in [6.07, 6.45) is 0. The van der Waals surface area contributed by atoms with Crippen LogP contribution < -0.4 is 5.32 Å². The predicted molar refractivity (Wildman–Crippen MR) is 70.1 cm³/mol. The first kappa shape index (κ1) is 12.7. The Morgan fingerprint density at radius 3 is 2.94 bits per heavy atom. The van der Waals surface area contributed by atoms with Crippen LogP contribution >= 0.6 is 11.8 Å². The number of nitrogens with zero attached hydrogens (tertiary/aromatic N) is 1. The Labute approximate surface area is 103 Å². The Balaban J connectivity index is 1.88. The molecule has 2 rings (SSSR count). The number of likely N-dealkylation sites (N-methyl/N-ethyl adjacent to an activating group) is 1. The van der Waals surface area contributed by atoms with Gasteiger partial charge in [0.1, 0.15) is 0 Å². The number of thioether (sulfide) groups is 1. The second-order valence-electron chi connectivity index (χ2n) is 5.00. The van der Waals surface area contributed by atoms with Gasteiger partial charge in [0, 0.05) is 42.1 Å². The lowest BCUT2D eigenvalue weighted by Gasteiger charge is -2.39. The molecule has 4 unspecified atom stereocenters. The van der Waals surface area contributed by atoms with Crippen molar-refractivity contribution in [1.82, 2.24) is 10.2 Å². The highest BCUT2D eigenvalue weighted by molar-refractivity contribution is 8.00. The molecular formula is C12H24N2OS. The quantitative estimate of drug-likeness (QED) is 0.802. The molecule has 3 nitrogen and oxygen atoms in total. The third kappa shape index (κ3) is 2.73. The van der Waals surface area contributed by atoms with Gasteiger partial charge in [-0.05, 0) is 14.0 Å². The van der Waals surface area contributed by atoms with Crippen LogP contribution in [0.15, 0.2) is 0 Å². The molecule has 4 atom stereocenters. The van der Waals surface area contributed by atoms with Gasteiger partial charge in [-0.1, -0.05) is 6.92 Å². The lowest BCUT2D eigenvalue weighted by molar-refractivity contribution is 0.149. The van der Waals surface area contributed by atoms with Gasteiger partial charge in [0.25, 0.3) is 0 Å². The highest BCUT2D eigenvalue weighted by Gasteiger charge is 2.32. The molecule has 2 saturated heterocycles. The van der Waals surface area contributed by atoms with Crippen molar-refractivity contribution < 1.29 is 4.74 Å². The lowest BCUT2D eigenvalue weighted by Crippen LogP contribution is -2.49. The average Bonchev–Trinajstić information content (AvgIpc) is 2.72. The van der Waals surface area contributed by atoms with Crippen LogP contribution in [0.25, 0.3) is 0 Å². The van der Waals surface area contributed by atoms with Gasteiger partial charge in [-0.3, -0.25) is 4.90 Å². The van der Waals surface area contributed by atoms with Crippen molar-refractivity contribution in [3.8, 4) is 0 Å². The van der Waals surface area contributed by atoms with E-state index >= 15 is 0 Å². The molecule has 0 spiro atoms. The van der Waals surface area contributed by atoms with Gasteiger partial charge < -0.3 is 10.1 Å². The average molecular weight is 244 g/mol. The summed E-state index contributed by atoms with van der Waals surface area (Å²) < 4.78 is 5.57. The van der Waals surface area contributed by atoms with Crippen LogP contribution in [0, 0.1) is 5.92 Å². The number of hydrogen-bond acceptors (Lipinski definition) is 4. The Kier molecular flexibility index (Phi) is 4.53. The van der Waals surface area contributed by atoms with Crippen molar-refractivity contribution in [2.24, 2.45) is 5.92 Å². The Hall–Kier alpha value is 0.230. The Morgan fingerprint density at radius 2 is 2.19 bits per heavy atom. The predicted octanol–water partition coefficient (Wildman–Crippen LogP) is 1.05. The van der Waals surface area contributed by atoms with Crippen molar-refractivity contribution in [2.75, 3.05) is 39.1 Å². The van der Waals surface area contributed by atoms with E-state index in [0.29, 0.717) is 18.0 Å². The molecule has 0 radical (unpaired) electrons. The SMILES string of the molecule is CNC1COCC1CN1CCSC(C)C1C. The molecule has 2 aliphatic rings. The number of ether oxygens (including phenoxy) is 1. The molecule has 0 aromatic heterocycles. The largest absolute Gasteiger partial charge is 0.379 e. The molecule has 2 heterocycles. The molecule has 1 N–H and O–H groups in total. The molecular weight excluding hydrogens is 220 g/mol. The van der Waals surface area contributed by atoms with Gasteiger partial charge >= 0.3 is 0 Å². The number of hydrogen-bond donors (Lipinski definition) is 1. The molecule has 0 amide bonds. The highest BCUT2D eigenvalue weighted by Crippen LogP contribution is 2.26. The summed E-state index contributed by atoms with van der Waals surface area (Å²) in [6.45, 7) is 8.95. The fourth-order valence-corrected chi connectivity index (χ4v) is 3.81. The molecule has 16 heavy (non-hydrogen) atoms. The topological polar surface area (TPSA) is 24.5 Å². The summed E-state index contributed by atoms with van der Waals surface area (Å²) in [6, 6.07) is 1.26. The summed E-state index contributed by atoms with van der Waals surface area (Å²) in [5.74, 6) is 1.95. The molecule has 0 saturated carbocycles. The molecule has 2 fully saturated rings. The van der Waals surface area contributed by atoms with Gasteiger partial charge in [-0.15, -0.1) is 0 Å². The summed E-state index contributed by atoms with van der Waals surface area (Å²) in [4.78, 5) is 2.64. The molecule has 4 heteroatoms. The molecule has 0 bridgehead atoms. The first-order valence-corrected chi connectivity index (χ1v) is 7.38. The summed E-state index contributed by atoms with van der Waals surface area (Å²) in [7, 11) is 2.05. The maximum Gasteiger partial charge on any atom is 0.0623 e. The third-order valence-corrected chi connectivity index (χ3v) is 5.39. The van der Waals surface area contributed by atoms with E-state index in [2.05, 4.69) is 35.8 Å². The van der Waals surface area contributed by atoms with Crippen molar-refractivity contribution in [3.63, 3.8) is 0 Å². The van der Waals surface area contributed by atoms with E-state index in [0.717, 1.165) is 18.5 Å². The van der Waals surface area contributed by atoms with E-state index in [4.69, 9.17) is 4.74 Å². The number of rotatable bonds is 3. The maximum atomic E-state index is 5.57. The molecule has 2 aliphatic heterocycles. The van der Waals surface area contributed by atoms with Crippen LogP contribution in [0.3, 0.4) is 0 Å². The van der Waals surface area contributed by atoms with E-state index in [1.807, 2.05) is 7.05 Å². The van der Waals surface area contributed by atoms with Crippen molar-refractivity contribution in [3.05, 3.63) is 0 Å². The minimum absolute atomic E-state index is 0.553. The van der Waals surface area contributed by atoms with Crippen LogP contribution in [-0.2, 0) is 4.74 Å². The Morgan fingerprint density at radius 1 is 1.38 bits per heavy atom. The first-order valence-electron chi connectivity index (χ1n) is 6.33. The fraction of sp³-hybridized carbons (Fsp3) is 1.00. The van der Waals surface area contributed by atoms with Gasteiger partial charge in [-0.2, -0.15) is 11.8 Å². The minimum Gasteiger partial charge on any atom is -0.379 e. The summed E-state index contributed by atoms with van der Waals surface area (Å²) in [5, 5.41) is 4.14. The summed E-state index contributed by atoms with van der Waals surface area (Å²) in [5.41, 5.74) is 0. The zero-order chi connectivity index (χ0) is 11.5. The smallest absolute Gasteiger partial charge is 0.0623 e. The van der Waals surface area contributed by atoms with E-state index in [9.17, 15) is 0 Å². The monoisotopic (exact) mass is 244 g/mol. The Bertz CT molecular complexity index is 227. The second kappa shape index (κ2) is 5.71. The molecule has 94 valence electrons. The normalized spacial score (nSPS) is 41.4. The number of nitrogens with one attached hydrogen (secondary N) is 1. The zero-order valence-corrected chi connectivity index (χ0v) is 11.4. The fourth-order valence-electron chi connectivity index (χ4n) is 2.65. The van der Waals surface area contributed by atoms with Crippen LogP contribution in [0.2, 0.25) is 0 Å². The van der Waals surface area contributed by atoms with E-state index in [1.165, 1.54) is 18.8 Å². The zero-order valence-electron chi connectivity index (χ0n) is 10.6. The van der Waals surface area contributed by atoms with Crippen molar-refractivity contribution in [2.45, 2.75) is 31.2 Å². The van der Waals surface area contributed by atoms with Gasteiger partial charge in [-0.25, -0.2) is 0 Å². The summed E-state index contributed by atoms with van der Waals surface area (Å²) >= 11 is 2.11. The lowest BCUT2D eigenvalue weighted by atomic mass is 10.0. The molecule has 0 aliphatic carbocycles. The van der Waals surface area contributed by atoms with Crippen LogP contribution in [0.1, 0.15) is 13.8 Å². The van der Waals surface area contributed by atoms with E-state index < -0.39 is 0 Å². The van der Waals surface area contributed by atoms with Gasteiger partial charge in [0.05, 0.1) is 13.2 Å². The molecule has 0 aromatic carbocycles. The van der Waals surface area contributed by atoms with Crippen LogP contribution in [-0.4, -0.2) is 61.3 Å². The van der Waals surface area contributed by atoms with Crippen LogP contribution in [0.4, 0.5) is 0 Å². The van der Waals surface area contributed by atoms with Gasteiger partial charge in [0.15, 0.2) is 0 Å². The minimum atomic E-state index is 0.553. The van der Waals surface area contributed by atoms with Crippen molar-refractivity contribution in [1.29, 1.82) is 0 Å². The molecule has 0 aromatic rings. The highest BCUT2D eigenvalue weighted by atomic mass is 32.2. The van der Waals surface area contributed by atoms with E-state index in [1.54, 1.807) is 0 Å². The van der Waals surface area contributed by atoms with Crippen molar-refractivity contribution >= 4 is 11.8 Å². The third-order valence-electron chi connectivity index (χ3n) is 4.05. The first-order chi connectivity index (χ1) is 7.72. The maximum absolute atomic E-state index is 5.57.